The van der Waals surface area contributed by atoms with Crippen molar-refractivity contribution >= 4 is 19.8 Å². The molecule has 0 unspecified atom stereocenters. The molecule has 0 aromatic heterocycles. The Morgan fingerprint density at radius 2 is 1.27 bits per heavy atom. The SMILES string of the molecule is CCCCC/C=C\C[C@@H](O)[C@H](O)CCCCCCCC(=O)OC[C@H](COP(=O)(O)O)OC(=O)CCCCCCCCC(C)C. The number of phosphoric acid groups is 1. The summed E-state index contributed by atoms with van der Waals surface area (Å²) in [5.41, 5.74) is 0. The van der Waals surface area contributed by atoms with E-state index in [-0.39, 0.29) is 19.4 Å². The second kappa shape index (κ2) is 28.0. The van der Waals surface area contributed by atoms with Gasteiger partial charge in [-0.25, -0.2) is 4.57 Å². The van der Waals surface area contributed by atoms with Crippen LogP contribution in [0.5, 0.6) is 0 Å². The number of carbonyl (C=O) groups excluding carboxylic acids is 2. The van der Waals surface area contributed by atoms with Gasteiger partial charge in [-0.15, -0.1) is 0 Å². The molecule has 0 spiro atoms. The Morgan fingerprint density at radius 1 is 0.705 bits per heavy atom. The molecule has 0 aromatic rings. The molecule has 11 heteroatoms. The van der Waals surface area contributed by atoms with Crippen LogP contribution in [0.4, 0.5) is 0 Å². The van der Waals surface area contributed by atoms with Gasteiger partial charge in [-0.2, -0.15) is 0 Å². The number of ether oxygens (including phenoxy) is 2. The summed E-state index contributed by atoms with van der Waals surface area (Å²) in [6.45, 7) is 5.68. The van der Waals surface area contributed by atoms with E-state index in [1.807, 2.05) is 6.08 Å². The molecule has 0 rings (SSSR count). The summed E-state index contributed by atoms with van der Waals surface area (Å²) < 4.78 is 26.1. The fraction of sp³-hybridized carbons (Fsp3) is 0.879. The number of hydrogen-bond donors (Lipinski definition) is 4. The lowest BCUT2D eigenvalue weighted by molar-refractivity contribution is -0.161. The molecule has 0 fully saturated rings. The van der Waals surface area contributed by atoms with Crippen LogP contribution < -0.4 is 0 Å². The third-order valence-electron chi connectivity index (χ3n) is 7.41. The van der Waals surface area contributed by atoms with Gasteiger partial charge in [0.05, 0.1) is 18.8 Å². The summed E-state index contributed by atoms with van der Waals surface area (Å²) in [6.07, 6.45) is 18.6. The van der Waals surface area contributed by atoms with E-state index >= 15 is 0 Å². The third-order valence-corrected chi connectivity index (χ3v) is 7.90. The number of phosphoric ester groups is 1. The Bertz CT molecular complexity index is 783. The standard InChI is InChI=1S/C33H63O10P/c1-4-5-6-7-12-17-22-30(34)31(35)23-18-13-10-15-19-24-32(36)41-26-29(27-42-44(38,39)40)43-33(37)25-20-14-9-8-11-16-21-28(2)3/h12,17,28-31,34-35H,4-11,13-16,18-27H2,1-3H3,(H2,38,39,40)/b17-12-/t29-,30-,31-/m1/s1. The zero-order valence-corrected chi connectivity index (χ0v) is 28.6. The number of allylic oxidation sites excluding steroid dienone is 1. The van der Waals surface area contributed by atoms with Crippen LogP contribution in [-0.4, -0.2) is 63.5 Å². The molecule has 0 saturated heterocycles. The Labute approximate surface area is 266 Å². The van der Waals surface area contributed by atoms with Gasteiger partial charge in [0.15, 0.2) is 6.10 Å². The molecule has 44 heavy (non-hydrogen) atoms. The number of unbranched alkanes of at least 4 members (excludes halogenated alkanes) is 12. The minimum Gasteiger partial charge on any atom is -0.462 e. The number of esters is 2. The molecular formula is C33H63O10P. The monoisotopic (exact) mass is 650 g/mol. The zero-order chi connectivity index (χ0) is 33.1. The molecule has 0 radical (unpaired) electrons. The quantitative estimate of drug-likeness (QED) is 0.0269. The van der Waals surface area contributed by atoms with E-state index in [9.17, 15) is 24.4 Å². The lowest BCUT2D eigenvalue weighted by Gasteiger charge is -2.18. The lowest BCUT2D eigenvalue weighted by atomic mass is 10.0. The molecule has 4 N–H and O–H groups in total. The minimum atomic E-state index is -4.77. The van der Waals surface area contributed by atoms with Crippen LogP contribution in [0.25, 0.3) is 0 Å². The number of aliphatic hydroxyl groups is 2. The normalized spacial score (nSPS) is 14.2. The molecule has 10 nitrogen and oxygen atoms in total. The topological polar surface area (TPSA) is 160 Å². The first kappa shape index (κ1) is 42.7. The van der Waals surface area contributed by atoms with Crippen LogP contribution >= 0.6 is 7.82 Å². The third kappa shape index (κ3) is 29.4. The zero-order valence-electron chi connectivity index (χ0n) is 27.7. The van der Waals surface area contributed by atoms with E-state index in [1.54, 1.807) is 0 Å². The molecule has 0 heterocycles. The summed E-state index contributed by atoms with van der Waals surface area (Å²) in [6, 6.07) is 0. The maximum Gasteiger partial charge on any atom is 0.469 e. The van der Waals surface area contributed by atoms with E-state index in [0.717, 1.165) is 57.8 Å². The first-order valence-corrected chi connectivity index (χ1v) is 18.5. The fourth-order valence-electron chi connectivity index (χ4n) is 4.70. The van der Waals surface area contributed by atoms with E-state index in [0.29, 0.717) is 31.6 Å². The predicted octanol–water partition coefficient (Wildman–Crippen LogP) is 7.31. The maximum absolute atomic E-state index is 12.3. The summed E-state index contributed by atoms with van der Waals surface area (Å²) >= 11 is 0. The van der Waals surface area contributed by atoms with Crippen LogP contribution in [0.15, 0.2) is 12.2 Å². The highest BCUT2D eigenvalue weighted by Crippen LogP contribution is 2.36. The van der Waals surface area contributed by atoms with Crippen molar-refractivity contribution < 1.29 is 48.2 Å². The number of hydrogen-bond acceptors (Lipinski definition) is 8. The molecule has 0 saturated carbocycles. The fourth-order valence-corrected chi connectivity index (χ4v) is 5.06. The summed E-state index contributed by atoms with van der Waals surface area (Å²) in [5.74, 6) is -0.287. The molecule has 0 aliphatic rings. The first-order valence-electron chi connectivity index (χ1n) is 17.0. The first-order chi connectivity index (χ1) is 20.9. The maximum atomic E-state index is 12.3. The average molecular weight is 651 g/mol. The number of rotatable bonds is 30. The summed E-state index contributed by atoms with van der Waals surface area (Å²) in [7, 11) is -4.77. The molecule has 0 bridgehead atoms. The van der Waals surface area contributed by atoms with Gasteiger partial charge in [-0.05, 0) is 44.4 Å². The van der Waals surface area contributed by atoms with Crippen molar-refractivity contribution in [1.82, 2.24) is 0 Å². The van der Waals surface area contributed by atoms with Crippen LogP contribution in [-0.2, 0) is 28.2 Å². The Balaban J connectivity index is 4.13. The van der Waals surface area contributed by atoms with Crippen LogP contribution in [0.2, 0.25) is 0 Å². The predicted molar refractivity (Wildman–Crippen MR) is 173 cm³/mol. The van der Waals surface area contributed by atoms with E-state index in [2.05, 4.69) is 31.4 Å². The summed E-state index contributed by atoms with van der Waals surface area (Å²) in [5, 5.41) is 20.3. The van der Waals surface area contributed by atoms with Gasteiger partial charge in [0.1, 0.15) is 6.61 Å². The molecule has 0 amide bonds. The van der Waals surface area contributed by atoms with Crippen molar-refractivity contribution in [3.05, 3.63) is 12.2 Å². The molecule has 3 atom stereocenters. The second-order valence-corrected chi connectivity index (χ2v) is 13.5. The van der Waals surface area contributed by atoms with Gasteiger partial charge in [-0.1, -0.05) is 110 Å². The largest absolute Gasteiger partial charge is 0.469 e. The van der Waals surface area contributed by atoms with Crippen LogP contribution in [0.1, 0.15) is 149 Å². The smallest absolute Gasteiger partial charge is 0.462 e. The van der Waals surface area contributed by atoms with Crippen molar-refractivity contribution in [1.29, 1.82) is 0 Å². The highest BCUT2D eigenvalue weighted by Gasteiger charge is 2.23. The van der Waals surface area contributed by atoms with Gasteiger partial charge < -0.3 is 29.5 Å². The van der Waals surface area contributed by atoms with Crippen molar-refractivity contribution in [3.63, 3.8) is 0 Å². The number of aliphatic hydroxyl groups excluding tert-OH is 2. The second-order valence-electron chi connectivity index (χ2n) is 12.3. The molecular weight excluding hydrogens is 587 g/mol. The minimum absolute atomic E-state index is 0.170. The van der Waals surface area contributed by atoms with Crippen molar-refractivity contribution in [2.45, 2.75) is 167 Å². The van der Waals surface area contributed by atoms with Crippen molar-refractivity contribution in [2.24, 2.45) is 5.92 Å². The Morgan fingerprint density at radius 3 is 1.86 bits per heavy atom. The van der Waals surface area contributed by atoms with Gasteiger partial charge in [0.2, 0.25) is 0 Å². The molecule has 0 aliphatic carbocycles. The van der Waals surface area contributed by atoms with Crippen molar-refractivity contribution in [3.8, 4) is 0 Å². The Hall–Kier alpha value is -1.29. The number of carbonyl (C=O) groups is 2. The summed E-state index contributed by atoms with van der Waals surface area (Å²) in [4.78, 5) is 42.5. The lowest BCUT2D eigenvalue weighted by Crippen LogP contribution is -2.29. The van der Waals surface area contributed by atoms with Gasteiger partial charge in [-0.3, -0.25) is 14.1 Å². The molecule has 0 aliphatic heterocycles. The van der Waals surface area contributed by atoms with Gasteiger partial charge in [0.25, 0.3) is 0 Å². The van der Waals surface area contributed by atoms with Gasteiger partial charge in [0, 0.05) is 12.8 Å². The van der Waals surface area contributed by atoms with Crippen LogP contribution in [0, 0.1) is 5.92 Å². The van der Waals surface area contributed by atoms with E-state index in [1.165, 1.54) is 32.1 Å². The van der Waals surface area contributed by atoms with Crippen molar-refractivity contribution in [2.75, 3.05) is 13.2 Å². The van der Waals surface area contributed by atoms with E-state index in [4.69, 9.17) is 19.3 Å². The highest BCUT2D eigenvalue weighted by atomic mass is 31.2. The average Bonchev–Trinajstić information content (AvgIpc) is 2.96. The highest BCUT2D eigenvalue weighted by molar-refractivity contribution is 7.46. The molecule has 260 valence electrons. The Kier molecular flexibility index (Phi) is 27.2. The van der Waals surface area contributed by atoms with E-state index < -0.39 is 44.7 Å². The van der Waals surface area contributed by atoms with Gasteiger partial charge >= 0.3 is 19.8 Å². The van der Waals surface area contributed by atoms with Crippen LogP contribution in [0.3, 0.4) is 0 Å². The molecule has 0 aromatic carbocycles.